The third-order valence-electron chi connectivity index (χ3n) is 8.01. The SMILES string of the molecule is CC(=O)OCC1O[C@@H](NC(=O)C[C@H](NC(=O)OCC2c3ccccc3-c3ccccc32)C(=O)OC(C)(C)C)C(OC(C)=O)[C@H](OC(C)=O)[C@@H]1OC(C)=O. The second kappa shape index (κ2) is 17.3. The molecule has 16 heteroatoms. The van der Waals surface area contributed by atoms with E-state index in [4.69, 9.17) is 33.2 Å². The molecule has 53 heavy (non-hydrogen) atoms. The Bertz CT molecular complexity index is 1670. The van der Waals surface area contributed by atoms with E-state index in [2.05, 4.69) is 10.6 Å². The van der Waals surface area contributed by atoms with Crippen LogP contribution in [0.1, 0.15) is 71.9 Å². The van der Waals surface area contributed by atoms with Crippen LogP contribution < -0.4 is 10.6 Å². The maximum atomic E-state index is 13.6. The molecule has 2 aromatic rings. The fraction of sp³-hybridized carbons (Fsp3) is 0.486. The predicted octanol–water partition coefficient (Wildman–Crippen LogP) is 2.82. The zero-order valence-electron chi connectivity index (χ0n) is 30.5. The quantitative estimate of drug-likeness (QED) is 0.237. The van der Waals surface area contributed by atoms with Crippen molar-refractivity contribution < 1.29 is 66.7 Å². The first-order valence-electron chi connectivity index (χ1n) is 16.9. The van der Waals surface area contributed by atoms with Gasteiger partial charge in [0.05, 0.1) is 6.42 Å². The zero-order valence-corrected chi connectivity index (χ0v) is 30.5. The Morgan fingerprint density at radius 1 is 0.698 bits per heavy atom. The smallest absolute Gasteiger partial charge is 0.407 e. The number of esters is 5. The van der Waals surface area contributed by atoms with Gasteiger partial charge in [0.25, 0.3) is 0 Å². The Hall–Kier alpha value is -5.51. The molecule has 0 bridgehead atoms. The van der Waals surface area contributed by atoms with Crippen molar-refractivity contribution in [3.05, 3.63) is 59.7 Å². The number of amides is 2. The van der Waals surface area contributed by atoms with Gasteiger partial charge in [-0.05, 0) is 43.0 Å². The molecule has 2 aromatic carbocycles. The Balaban J connectivity index is 1.54. The molecule has 1 aliphatic heterocycles. The third-order valence-corrected chi connectivity index (χ3v) is 8.01. The Kier molecular flexibility index (Phi) is 13.2. The van der Waals surface area contributed by atoms with E-state index >= 15 is 0 Å². The summed E-state index contributed by atoms with van der Waals surface area (Å²) >= 11 is 0. The van der Waals surface area contributed by atoms with Crippen molar-refractivity contribution in [1.82, 2.24) is 10.6 Å². The summed E-state index contributed by atoms with van der Waals surface area (Å²) < 4.78 is 38.2. The fourth-order valence-corrected chi connectivity index (χ4v) is 6.10. The number of carbonyl (C=O) groups is 7. The molecule has 4 rings (SSSR count). The molecule has 0 radical (unpaired) electrons. The van der Waals surface area contributed by atoms with Gasteiger partial charge in [-0.15, -0.1) is 0 Å². The molecule has 1 aliphatic carbocycles. The van der Waals surface area contributed by atoms with E-state index in [-0.39, 0.29) is 12.5 Å². The molecule has 16 nitrogen and oxygen atoms in total. The molecule has 2 aliphatic rings. The van der Waals surface area contributed by atoms with Gasteiger partial charge in [-0.3, -0.25) is 24.0 Å². The number of fused-ring (bicyclic) bond motifs is 3. The summed E-state index contributed by atoms with van der Waals surface area (Å²) in [6.45, 7) is 8.52. The molecule has 1 saturated heterocycles. The van der Waals surface area contributed by atoms with Crippen LogP contribution >= 0.6 is 0 Å². The average Bonchev–Trinajstić information content (AvgIpc) is 3.37. The summed E-state index contributed by atoms with van der Waals surface area (Å²) in [7, 11) is 0. The highest BCUT2D eigenvalue weighted by Crippen LogP contribution is 2.44. The van der Waals surface area contributed by atoms with Crippen LogP contribution in [0.2, 0.25) is 0 Å². The summed E-state index contributed by atoms with van der Waals surface area (Å²) in [5, 5.41) is 4.90. The maximum absolute atomic E-state index is 13.6. The molecule has 2 unspecified atom stereocenters. The van der Waals surface area contributed by atoms with Crippen molar-refractivity contribution in [1.29, 1.82) is 0 Å². The third kappa shape index (κ3) is 11.0. The number of alkyl carbamates (subject to hydrolysis) is 1. The lowest BCUT2D eigenvalue weighted by Crippen LogP contribution is -2.66. The van der Waals surface area contributed by atoms with Crippen LogP contribution in [0.15, 0.2) is 48.5 Å². The highest BCUT2D eigenvalue weighted by molar-refractivity contribution is 5.88. The van der Waals surface area contributed by atoms with E-state index in [1.165, 1.54) is 0 Å². The molecule has 2 N–H and O–H groups in total. The summed E-state index contributed by atoms with van der Waals surface area (Å²) in [5.74, 6) is -5.44. The predicted molar refractivity (Wildman–Crippen MR) is 183 cm³/mol. The first-order valence-corrected chi connectivity index (χ1v) is 16.9. The standard InChI is InChI=1S/C37H44N2O14/c1-19(40)47-18-29-31(49-20(2)41)32(50-21(3)42)33(51-22(4)43)34(52-29)39-30(44)16-28(35(45)53-37(5,6)7)38-36(46)48-17-27-25-14-10-8-12-23(25)24-13-9-11-15-26(24)27/h8-15,27-29,31-34H,16-18H2,1-7H3,(H,38,46)(H,39,44)/t28-,29?,31+,32+,33?,34+/m0/s1. The lowest BCUT2D eigenvalue weighted by molar-refractivity contribution is -0.257. The van der Waals surface area contributed by atoms with Crippen molar-refractivity contribution in [3.8, 4) is 11.1 Å². The number of hydrogen-bond donors (Lipinski definition) is 2. The van der Waals surface area contributed by atoms with E-state index in [0.717, 1.165) is 49.9 Å². The summed E-state index contributed by atoms with van der Waals surface area (Å²) in [4.78, 5) is 88.1. The minimum Gasteiger partial charge on any atom is -0.463 e. The van der Waals surface area contributed by atoms with Gasteiger partial charge in [-0.25, -0.2) is 9.59 Å². The first-order chi connectivity index (χ1) is 24.9. The van der Waals surface area contributed by atoms with Gasteiger partial charge in [0.1, 0.15) is 31.0 Å². The maximum Gasteiger partial charge on any atom is 0.407 e. The van der Waals surface area contributed by atoms with Gasteiger partial charge in [0, 0.05) is 33.6 Å². The van der Waals surface area contributed by atoms with Gasteiger partial charge in [0.2, 0.25) is 5.91 Å². The normalized spacial score (nSPS) is 21.1. The fourth-order valence-electron chi connectivity index (χ4n) is 6.10. The summed E-state index contributed by atoms with van der Waals surface area (Å²) in [5.41, 5.74) is 2.96. The number of benzene rings is 2. The molecular formula is C37H44N2O14. The molecule has 286 valence electrons. The van der Waals surface area contributed by atoms with Crippen LogP contribution in [0, 0.1) is 0 Å². The Morgan fingerprint density at radius 3 is 1.75 bits per heavy atom. The minimum atomic E-state index is -1.60. The van der Waals surface area contributed by atoms with Crippen LogP contribution in [0.3, 0.4) is 0 Å². The first kappa shape index (κ1) is 40.3. The molecular weight excluding hydrogens is 696 g/mol. The van der Waals surface area contributed by atoms with E-state index < -0.39 is 97.2 Å². The average molecular weight is 741 g/mol. The molecule has 0 aromatic heterocycles. The minimum absolute atomic E-state index is 0.0716. The van der Waals surface area contributed by atoms with Gasteiger partial charge in [-0.1, -0.05) is 48.5 Å². The van der Waals surface area contributed by atoms with Gasteiger partial charge < -0.3 is 43.8 Å². The highest BCUT2D eigenvalue weighted by Gasteiger charge is 2.53. The number of hydrogen-bond acceptors (Lipinski definition) is 14. The second-order valence-electron chi connectivity index (χ2n) is 13.4. The molecule has 1 fully saturated rings. The number of rotatable bonds is 12. The van der Waals surface area contributed by atoms with Crippen LogP contribution in [0.4, 0.5) is 4.79 Å². The van der Waals surface area contributed by atoms with Crippen molar-refractivity contribution in [2.45, 2.75) is 103 Å². The van der Waals surface area contributed by atoms with Crippen molar-refractivity contribution in [2.75, 3.05) is 13.2 Å². The van der Waals surface area contributed by atoms with E-state index in [0.29, 0.717) is 0 Å². The van der Waals surface area contributed by atoms with Crippen LogP contribution in [0.25, 0.3) is 11.1 Å². The highest BCUT2D eigenvalue weighted by atomic mass is 16.7. The van der Waals surface area contributed by atoms with Crippen LogP contribution in [-0.2, 0) is 61.9 Å². The number of nitrogens with one attached hydrogen (secondary N) is 2. The summed E-state index contributed by atoms with van der Waals surface area (Å²) in [6, 6.07) is 13.9. The molecule has 2 amide bonds. The van der Waals surface area contributed by atoms with E-state index in [1.807, 2.05) is 48.5 Å². The zero-order chi connectivity index (χ0) is 39.0. The topological polar surface area (TPSA) is 208 Å². The number of carbonyl (C=O) groups excluding carboxylic acids is 7. The molecule has 0 saturated carbocycles. The largest absolute Gasteiger partial charge is 0.463 e. The van der Waals surface area contributed by atoms with E-state index in [1.54, 1.807) is 20.8 Å². The Labute approximate surface area is 306 Å². The van der Waals surface area contributed by atoms with Crippen molar-refractivity contribution in [3.63, 3.8) is 0 Å². The van der Waals surface area contributed by atoms with Crippen molar-refractivity contribution in [2.24, 2.45) is 0 Å². The monoisotopic (exact) mass is 740 g/mol. The number of ether oxygens (including phenoxy) is 7. The Morgan fingerprint density at radius 2 is 1.23 bits per heavy atom. The van der Waals surface area contributed by atoms with Gasteiger partial charge in [-0.2, -0.15) is 0 Å². The molecule has 0 spiro atoms. The lowest BCUT2D eigenvalue weighted by Gasteiger charge is -2.44. The molecule has 6 atom stereocenters. The lowest BCUT2D eigenvalue weighted by atomic mass is 9.97. The second-order valence-corrected chi connectivity index (χ2v) is 13.4. The van der Waals surface area contributed by atoms with Gasteiger partial charge in [0.15, 0.2) is 24.5 Å². The van der Waals surface area contributed by atoms with Crippen LogP contribution in [-0.4, -0.2) is 97.3 Å². The van der Waals surface area contributed by atoms with E-state index in [9.17, 15) is 33.6 Å². The molecule has 1 heterocycles. The van der Waals surface area contributed by atoms with Crippen molar-refractivity contribution >= 4 is 41.8 Å². The van der Waals surface area contributed by atoms with Gasteiger partial charge >= 0.3 is 35.9 Å². The summed E-state index contributed by atoms with van der Waals surface area (Å²) in [6.07, 6.45) is -9.22. The van der Waals surface area contributed by atoms with Crippen LogP contribution in [0.5, 0.6) is 0 Å².